The zero-order valence-corrected chi connectivity index (χ0v) is 13.5. The molecule has 1 aromatic heterocycles. The highest BCUT2D eigenvalue weighted by Crippen LogP contribution is 2.28. The molecule has 3 rings (SSSR count). The predicted molar refractivity (Wildman–Crippen MR) is 91.4 cm³/mol. The number of benzene rings is 1. The first kappa shape index (κ1) is 16.7. The van der Waals surface area contributed by atoms with Crippen molar-refractivity contribution < 1.29 is 14.5 Å². The van der Waals surface area contributed by atoms with E-state index in [0.29, 0.717) is 6.54 Å². The van der Waals surface area contributed by atoms with Gasteiger partial charge in [-0.3, -0.25) is 14.9 Å². The van der Waals surface area contributed by atoms with Crippen LogP contribution in [0.1, 0.15) is 35.2 Å². The Bertz CT molecular complexity index is 805. The molecule has 1 aromatic carbocycles. The van der Waals surface area contributed by atoms with Gasteiger partial charge in [-0.2, -0.15) is 0 Å². The lowest BCUT2D eigenvalue weighted by atomic mass is 9.96. The molecule has 0 radical (unpaired) electrons. The Kier molecular flexibility index (Phi) is 4.78. The second-order valence-corrected chi connectivity index (χ2v) is 5.84. The molecule has 1 aliphatic rings. The molecule has 25 heavy (non-hydrogen) atoms. The predicted octanol–water partition coefficient (Wildman–Crippen LogP) is 2.63. The van der Waals surface area contributed by atoms with Crippen molar-refractivity contribution in [3.8, 4) is 5.75 Å². The summed E-state index contributed by atoms with van der Waals surface area (Å²) in [6, 6.07) is 8.72. The van der Waals surface area contributed by atoms with Crippen molar-refractivity contribution in [2.45, 2.75) is 31.9 Å². The fraction of sp³-hybridized carbons (Fsp3) is 0.294. The summed E-state index contributed by atoms with van der Waals surface area (Å²) >= 11 is 0. The summed E-state index contributed by atoms with van der Waals surface area (Å²) in [6.07, 6.45) is 4.63. The Morgan fingerprint density at radius 2 is 2.16 bits per heavy atom. The molecule has 1 aliphatic carbocycles. The fourth-order valence-electron chi connectivity index (χ4n) is 2.49. The van der Waals surface area contributed by atoms with E-state index in [2.05, 4.69) is 10.3 Å². The minimum absolute atomic E-state index is 0.0217. The van der Waals surface area contributed by atoms with Crippen LogP contribution in [0.15, 0.2) is 36.5 Å². The van der Waals surface area contributed by atoms with Gasteiger partial charge in [-0.1, -0.05) is 18.2 Å². The zero-order chi connectivity index (χ0) is 17.8. The van der Waals surface area contributed by atoms with Gasteiger partial charge in [0.05, 0.1) is 16.6 Å². The van der Waals surface area contributed by atoms with Crippen LogP contribution in [0.3, 0.4) is 0 Å². The first-order chi connectivity index (χ1) is 12.0. The van der Waals surface area contributed by atoms with Crippen molar-refractivity contribution in [2.24, 2.45) is 5.73 Å². The molecule has 1 fully saturated rings. The molecule has 0 spiro atoms. The number of anilines is 1. The van der Waals surface area contributed by atoms with Crippen LogP contribution in [0.25, 0.3) is 0 Å². The van der Waals surface area contributed by atoms with Gasteiger partial charge in [-0.25, -0.2) is 4.98 Å². The van der Waals surface area contributed by atoms with Gasteiger partial charge in [0.15, 0.2) is 0 Å². The van der Waals surface area contributed by atoms with Crippen molar-refractivity contribution in [3.05, 3.63) is 57.8 Å². The molecular formula is C17H18N4O4. The number of primary amides is 1. The van der Waals surface area contributed by atoms with Gasteiger partial charge in [0.25, 0.3) is 11.6 Å². The van der Waals surface area contributed by atoms with Crippen LogP contribution in [0.2, 0.25) is 0 Å². The van der Waals surface area contributed by atoms with E-state index in [9.17, 15) is 14.9 Å². The normalized spacial score (nSPS) is 13.8. The van der Waals surface area contributed by atoms with E-state index in [1.54, 1.807) is 0 Å². The van der Waals surface area contributed by atoms with E-state index in [-0.39, 0.29) is 23.2 Å². The molecule has 130 valence electrons. The topological polar surface area (TPSA) is 120 Å². The molecule has 0 unspecified atom stereocenters. The number of nitrogens with one attached hydrogen (secondary N) is 1. The quantitative estimate of drug-likeness (QED) is 0.589. The molecule has 3 N–H and O–H groups in total. The van der Waals surface area contributed by atoms with Gasteiger partial charge in [0.1, 0.15) is 17.8 Å². The summed E-state index contributed by atoms with van der Waals surface area (Å²) in [4.78, 5) is 25.7. The third kappa shape index (κ3) is 3.85. The Labute approximate surface area is 144 Å². The fourth-order valence-corrected chi connectivity index (χ4v) is 2.49. The highest BCUT2D eigenvalue weighted by molar-refractivity contribution is 5.98. The molecule has 0 atom stereocenters. The van der Waals surface area contributed by atoms with Crippen LogP contribution in [0.5, 0.6) is 5.75 Å². The van der Waals surface area contributed by atoms with Gasteiger partial charge in [0.2, 0.25) is 0 Å². The number of ether oxygens (including phenoxy) is 1. The van der Waals surface area contributed by atoms with Crippen molar-refractivity contribution in [1.29, 1.82) is 0 Å². The molecule has 1 amide bonds. The summed E-state index contributed by atoms with van der Waals surface area (Å²) in [6.45, 7) is 0.355. The van der Waals surface area contributed by atoms with Crippen molar-refractivity contribution in [2.75, 3.05) is 5.32 Å². The summed E-state index contributed by atoms with van der Waals surface area (Å²) in [7, 11) is 0. The summed E-state index contributed by atoms with van der Waals surface area (Å²) in [5, 5.41) is 13.8. The van der Waals surface area contributed by atoms with Crippen LogP contribution in [-0.4, -0.2) is 21.9 Å². The summed E-state index contributed by atoms with van der Waals surface area (Å²) < 4.78 is 5.96. The van der Waals surface area contributed by atoms with E-state index in [0.717, 1.165) is 36.4 Å². The molecule has 8 nitrogen and oxygen atoms in total. The Balaban J connectivity index is 1.77. The zero-order valence-electron chi connectivity index (χ0n) is 13.5. The number of nitrogens with zero attached hydrogens (tertiary/aromatic N) is 2. The summed E-state index contributed by atoms with van der Waals surface area (Å²) in [5.74, 6) is 0.205. The van der Waals surface area contributed by atoms with E-state index in [1.807, 2.05) is 24.3 Å². The lowest BCUT2D eigenvalue weighted by Crippen LogP contribution is -2.25. The van der Waals surface area contributed by atoms with Gasteiger partial charge in [-0.05, 0) is 25.3 Å². The maximum absolute atomic E-state index is 11.6. The lowest BCUT2D eigenvalue weighted by Gasteiger charge is -2.27. The molecule has 0 saturated heterocycles. The highest BCUT2D eigenvalue weighted by Gasteiger charge is 2.20. The van der Waals surface area contributed by atoms with Crippen LogP contribution >= 0.6 is 0 Å². The van der Waals surface area contributed by atoms with Crippen LogP contribution in [0, 0.1) is 10.1 Å². The second kappa shape index (κ2) is 7.16. The lowest BCUT2D eigenvalue weighted by molar-refractivity contribution is -0.385. The smallest absolute Gasteiger partial charge is 0.288 e. The SMILES string of the molecule is NC(=O)c1cc([N+](=O)[O-])cnc1NCc1ccccc1OC1CCC1. The minimum Gasteiger partial charge on any atom is -0.490 e. The number of para-hydroxylation sites is 1. The van der Waals surface area contributed by atoms with E-state index >= 15 is 0 Å². The summed E-state index contributed by atoms with van der Waals surface area (Å²) in [5.41, 5.74) is 5.91. The van der Waals surface area contributed by atoms with Gasteiger partial charge in [-0.15, -0.1) is 0 Å². The van der Waals surface area contributed by atoms with Gasteiger partial charge in [0, 0.05) is 18.2 Å². The molecule has 2 aromatic rings. The van der Waals surface area contributed by atoms with Crippen LogP contribution in [-0.2, 0) is 6.54 Å². The standard InChI is InChI=1S/C17H18N4O4/c18-16(22)14-8-12(21(23)24)10-20-17(14)19-9-11-4-1-2-7-15(11)25-13-5-3-6-13/h1-2,4,7-8,10,13H,3,5-6,9H2,(H2,18,22)(H,19,20). The van der Waals surface area contributed by atoms with Gasteiger partial charge < -0.3 is 15.8 Å². The van der Waals surface area contributed by atoms with E-state index < -0.39 is 10.8 Å². The largest absolute Gasteiger partial charge is 0.490 e. The minimum atomic E-state index is -0.780. The number of amides is 1. The number of pyridine rings is 1. The van der Waals surface area contributed by atoms with Crippen LogP contribution in [0.4, 0.5) is 11.5 Å². The average Bonchev–Trinajstić information content (AvgIpc) is 2.56. The van der Waals surface area contributed by atoms with Crippen molar-refractivity contribution >= 4 is 17.4 Å². The van der Waals surface area contributed by atoms with E-state index in [1.165, 1.54) is 6.42 Å². The first-order valence-corrected chi connectivity index (χ1v) is 7.97. The number of nitro groups is 1. The Morgan fingerprint density at radius 1 is 1.40 bits per heavy atom. The third-order valence-corrected chi connectivity index (χ3v) is 4.11. The number of nitrogens with two attached hydrogens (primary N) is 1. The van der Waals surface area contributed by atoms with Gasteiger partial charge >= 0.3 is 0 Å². The maximum atomic E-state index is 11.6. The second-order valence-electron chi connectivity index (χ2n) is 5.84. The molecule has 1 heterocycles. The van der Waals surface area contributed by atoms with Crippen LogP contribution < -0.4 is 15.8 Å². The Hall–Kier alpha value is -3.16. The van der Waals surface area contributed by atoms with E-state index in [4.69, 9.17) is 10.5 Å². The number of carbonyl (C=O) groups excluding carboxylic acids is 1. The first-order valence-electron chi connectivity index (χ1n) is 7.97. The molecule has 0 aliphatic heterocycles. The van der Waals surface area contributed by atoms with Crippen molar-refractivity contribution in [3.63, 3.8) is 0 Å². The third-order valence-electron chi connectivity index (χ3n) is 4.11. The number of hydrogen-bond donors (Lipinski definition) is 2. The number of aromatic nitrogens is 1. The number of carbonyl (C=O) groups is 1. The number of rotatable bonds is 7. The van der Waals surface area contributed by atoms with Crippen molar-refractivity contribution in [1.82, 2.24) is 4.98 Å². The number of hydrogen-bond acceptors (Lipinski definition) is 6. The average molecular weight is 342 g/mol. The maximum Gasteiger partial charge on any atom is 0.288 e. The molecular weight excluding hydrogens is 324 g/mol. The molecule has 0 bridgehead atoms. The molecule has 8 heteroatoms. The Morgan fingerprint density at radius 3 is 2.80 bits per heavy atom. The monoisotopic (exact) mass is 342 g/mol. The molecule has 1 saturated carbocycles. The highest BCUT2D eigenvalue weighted by atomic mass is 16.6.